The van der Waals surface area contributed by atoms with Gasteiger partial charge in [-0.25, -0.2) is 0 Å². The first-order valence-corrected chi connectivity index (χ1v) is 6.64. The maximum Gasteiger partial charge on any atom is 0.283 e. The van der Waals surface area contributed by atoms with Gasteiger partial charge in [-0.15, -0.1) is 0 Å². The minimum absolute atomic E-state index is 0.0384. The van der Waals surface area contributed by atoms with Gasteiger partial charge >= 0.3 is 0 Å². The van der Waals surface area contributed by atoms with E-state index in [1.54, 1.807) is 0 Å². The number of carbonyl (C=O) groups excluding carboxylic acids is 1. The van der Waals surface area contributed by atoms with E-state index in [2.05, 4.69) is 21.2 Å². The number of halogens is 1. The lowest BCUT2D eigenvalue weighted by Gasteiger charge is -2.14. The predicted octanol–water partition coefficient (Wildman–Crippen LogP) is 2.72. The van der Waals surface area contributed by atoms with Gasteiger partial charge in [-0.05, 0) is 40.4 Å². The maximum atomic E-state index is 12.0. The molecule has 1 heterocycles. The molecule has 1 aromatic rings. The van der Waals surface area contributed by atoms with Gasteiger partial charge in [0.15, 0.2) is 0 Å². The lowest BCUT2D eigenvalue weighted by Crippen LogP contribution is -2.31. The van der Waals surface area contributed by atoms with Gasteiger partial charge < -0.3 is 10.1 Å². The van der Waals surface area contributed by atoms with Gasteiger partial charge in [0.05, 0.1) is 9.40 Å². The van der Waals surface area contributed by atoms with E-state index in [-0.39, 0.29) is 17.5 Å². The third kappa shape index (κ3) is 3.10. The Hall–Kier alpha value is -1.47. The molecule has 0 unspecified atom stereocenters. The minimum atomic E-state index is -0.488. The first-order chi connectivity index (χ1) is 8.99. The van der Waals surface area contributed by atoms with E-state index < -0.39 is 11.0 Å². The third-order valence-electron chi connectivity index (χ3n) is 3.06. The largest absolute Gasteiger partial charge is 0.368 e. The van der Waals surface area contributed by atoms with E-state index in [1.165, 1.54) is 18.2 Å². The number of nitro groups is 1. The molecule has 0 bridgehead atoms. The second-order valence-electron chi connectivity index (χ2n) is 4.47. The highest BCUT2D eigenvalue weighted by molar-refractivity contribution is 9.10. The van der Waals surface area contributed by atoms with Crippen molar-refractivity contribution in [2.24, 2.45) is 5.92 Å². The lowest BCUT2D eigenvalue weighted by atomic mass is 10.0. The molecule has 0 radical (unpaired) electrons. The van der Waals surface area contributed by atoms with Crippen LogP contribution in [0, 0.1) is 16.0 Å². The number of carbonyl (C=O) groups is 1. The molecule has 0 saturated carbocycles. The normalized spacial score (nSPS) is 22.2. The molecule has 2 atom stereocenters. The summed E-state index contributed by atoms with van der Waals surface area (Å²) in [5.41, 5.74) is 0.466. The number of nitrogens with one attached hydrogen (secondary N) is 1. The predicted molar refractivity (Wildman–Crippen MR) is 72.9 cm³/mol. The summed E-state index contributed by atoms with van der Waals surface area (Å²) in [5.74, 6) is -0.0350. The smallest absolute Gasteiger partial charge is 0.283 e. The number of benzene rings is 1. The molecule has 0 aliphatic carbocycles. The number of anilines is 1. The van der Waals surface area contributed by atoms with Crippen molar-refractivity contribution in [2.75, 3.05) is 11.9 Å². The zero-order chi connectivity index (χ0) is 14.0. The molecule has 0 spiro atoms. The Balaban J connectivity index is 2.09. The minimum Gasteiger partial charge on any atom is -0.368 e. The molecule has 102 valence electrons. The SMILES string of the molecule is C[C@H]1CCO[C@H]1C(=O)Nc1ccc([N+](=O)[O-])c(Br)c1. The van der Waals surface area contributed by atoms with Gasteiger partial charge in [0.2, 0.25) is 0 Å². The van der Waals surface area contributed by atoms with Crippen molar-refractivity contribution in [2.45, 2.75) is 19.4 Å². The zero-order valence-corrected chi connectivity index (χ0v) is 11.8. The Bertz CT molecular complexity index is 520. The van der Waals surface area contributed by atoms with Crippen LogP contribution in [0.2, 0.25) is 0 Å². The fraction of sp³-hybridized carbons (Fsp3) is 0.417. The summed E-state index contributed by atoms with van der Waals surface area (Å²) in [6, 6.07) is 4.36. The van der Waals surface area contributed by atoms with Crippen LogP contribution in [0.3, 0.4) is 0 Å². The van der Waals surface area contributed by atoms with Crippen molar-refractivity contribution >= 4 is 33.2 Å². The summed E-state index contributed by atoms with van der Waals surface area (Å²) in [5, 5.41) is 13.4. The van der Waals surface area contributed by atoms with Crippen LogP contribution < -0.4 is 5.32 Å². The van der Waals surface area contributed by atoms with E-state index in [4.69, 9.17) is 4.74 Å². The van der Waals surface area contributed by atoms with Gasteiger partial charge in [-0.3, -0.25) is 14.9 Å². The van der Waals surface area contributed by atoms with E-state index in [1.807, 2.05) is 6.92 Å². The first-order valence-electron chi connectivity index (χ1n) is 5.85. The molecule has 1 aliphatic rings. The highest BCUT2D eigenvalue weighted by atomic mass is 79.9. The topological polar surface area (TPSA) is 81.5 Å². The van der Waals surface area contributed by atoms with E-state index in [0.29, 0.717) is 16.8 Å². The van der Waals surface area contributed by atoms with Gasteiger partial charge in [-0.1, -0.05) is 6.92 Å². The van der Waals surface area contributed by atoms with Gasteiger partial charge in [0.25, 0.3) is 11.6 Å². The number of rotatable bonds is 3. The summed E-state index contributed by atoms with van der Waals surface area (Å²) in [6.45, 7) is 2.55. The molecule has 1 aromatic carbocycles. The number of amides is 1. The summed E-state index contributed by atoms with van der Waals surface area (Å²) in [6.07, 6.45) is 0.413. The highest BCUT2D eigenvalue weighted by Gasteiger charge is 2.31. The second-order valence-corrected chi connectivity index (χ2v) is 5.32. The Kier molecular flexibility index (Phi) is 4.16. The monoisotopic (exact) mass is 328 g/mol. The fourth-order valence-corrected chi connectivity index (χ4v) is 2.50. The second kappa shape index (κ2) is 5.66. The molecule has 0 aromatic heterocycles. The Morgan fingerprint density at radius 3 is 2.84 bits per heavy atom. The molecule has 1 N–H and O–H groups in total. The van der Waals surface area contributed by atoms with Crippen molar-refractivity contribution in [1.29, 1.82) is 0 Å². The summed E-state index contributed by atoms with van der Waals surface area (Å²) >= 11 is 3.11. The van der Waals surface area contributed by atoms with Crippen molar-refractivity contribution in [3.05, 3.63) is 32.8 Å². The molecular formula is C12H13BrN2O4. The van der Waals surface area contributed by atoms with Crippen LogP contribution >= 0.6 is 15.9 Å². The van der Waals surface area contributed by atoms with Crippen LogP contribution in [0.5, 0.6) is 0 Å². The summed E-state index contributed by atoms with van der Waals surface area (Å²) in [7, 11) is 0. The third-order valence-corrected chi connectivity index (χ3v) is 3.69. The molecule has 1 aliphatic heterocycles. The lowest BCUT2D eigenvalue weighted by molar-refractivity contribution is -0.385. The van der Waals surface area contributed by atoms with Gasteiger partial charge in [0, 0.05) is 18.4 Å². The molecule has 1 amide bonds. The fourth-order valence-electron chi connectivity index (χ4n) is 1.98. The zero-order valence-electron chi connectivity index (χ0n) is 10.3. The Morgan fingerprint density at radius 2 is 2.32 bits per heavy atom. The van der Waals surface area contributed by atoms with E-state index in [0.717, 1.165) is 6.42 Å². The van der Waals surface area contributed by atoms with E-state index >= 15 is 0 Å². The number of nitro benzene ring substituents is 1. The van der Waals surface area contributed by atoms with Crippen LogP contribution in [-0.4, -0.2) is 23.5 Å². The Morgan fingerprint density at radius 1 is 1.58 bits per heavy atom. The van der Waals surface area contributed by atoms with Crippen LogP contribution in [0.4, 0.5) is 11.4 Å². The standard InChI is InChI=1S/C12H13BrN2O4/c1-7-4-5-19-11(7)12(16)14-8-2-3-10(15(17)18)9(13)6-8/h2-3,6-7,11H,4-5H2,1H3,(H,14,16)/t7-,11+/m0/s1. The molecule has 7 heteroatoms. The molecule has 6 nitrogen and oxygen atoms in total. The van der Waals surface area contributed by atoms with Crippen molar-refractivity contribution < 1.29 is 14.5 Å². The highest BCUT2D eigenvalue weighted by Crippen LogP contribution is 2.28. The van der Waals surface area contributed by atoms with Crippen LogP contribution in [0.1, 0.15) is 13.3 Å². The van der Waals surface area contributed by atoms with Crippen molar-refractivity contribution in [3.8, 4) is 0 Å². The number of hydrogen-bond acceptors (Lipinski definition) is 4. The first kappa shape index (κ1) is 14.0. The van der Waals surface area contributed by atoms with Crippen molar-refractivity contribution in [3.63, 3.8) is 0 Å². The average Bonchev–Trinajstić information content (AvgIpc) is 2.75. The quantitative estimate of drug-likeness (QED) is 0.683. The summed E-state index contributed by atoms with van der Waals surface area (Å²) in [4.78, 5) is 22.2. The van der Waals surface area contributed by atoms with E-state index in [9.17, 15) is 14.9 Å². The van der Waals surface area contributed by atoms with Crippen LogP contribution in [0.25, 0.3) is 0 Å². The van der Waals surface area contributed by atoms with Gasteiger partial charge in [-0.2, -0.15) is 0 Å². The summed E-state index contributed by atoms with van der Waals surface area (Å²) < 4.78 is 5.69. The average molecular weight is 329 g/mol. The molecular weight excluding hydrogens is 316 g/mol. The maximum absolute atomic E-state index is 12.0. The van der Waals surface area contributed by atoms with Crippen LogP contribution in [-0.2, 0) is 9.53 Å². The number of ether oxygens (including phenoxy) is 1. The number of nitrogens with zero attached hydrogens (tertiary/aromatic N) is 1. The molecule has 1 fully saturated rings. The van der Waals surface area contributed by atoms with Crippen LogP contribution in [0.15, 0.2) is 22.7 Å². The molecule has 19 heavy (non-hydrogen) atoms. The Labute approximate surface area is 118 Å². The molecule has 2 rings (SSSR count). The molecule has 1 saturated heterocycles. The number of hydrogen-bond donors (Lipinski definition) is 1. The van der Waals surface area contributed by atoms with Crippen molar-refractivity contribution in [1.82, 2.24) is 0 Å². The van der Waals surface area contributed by atoms with Gasteiger partial charge in [0.1, 0.15) is 6.10 Å².